The number of ether oxygens (including phenoxy) is 2. The van der Waals surface area contributed by atoms with Gasteiger partial charge in [-0.15, -0.1) is 0 Å². The van der Waals surface area contributed by atoms with E-state index in [1.165, 1.54) is 24.3 Å². The van der Waals surface area contributed by atoms with Crippen LogP contribution < -0.4 is 5.32 Å². The third-order valence-electron chi connectivity index (χ3n) is 10.5. The largest absolute Gasteiger partial charge is 0.361 e. The lowest BCUT2D eigenvalue weighted by atomic mass is 9.81. The summed E-state index contributed by atoms with van der Waals surface area (Å²) in [5, 5.41) is 12.5. The molecule has 0 bridgehead atoms. The summed E-state index contributed by atoms with van der Waals surface area (Å²) in [6.45, 7) is 4.04. The minimum atomic E-state index is -0.680. The van der Waals surface area contributed by atoms with Crippen molar-refractivity contribution in [3.05, 3.63) is 141 Å². The molecule has 52 heavy (non-hydrogen) atoms. The highest BCUT2D eigenvalue weighted by atomic mass is 19.1. The predicted molar refractivity (Wildman–Crippen MR) is 198 cm³/mol. The molecule has 1 N–H and O–H groups in total. The van der Waals surface area contributed by atoms with Crippen LogP contribution in [0.3, 0.4) is 0 Å². The predicted octanol–water partition coefficient (Wildman–Crippen LogP) is 7.65. The maximum atomic E-state index is 13.8. The van der Waals surface area contributed by atoms with E-state index >= 15 is 0 Å². The van der Waals surface area contributed by atoms with Gasteiger partial charge in [0.25, 0.3) is 5.91 Å². The Morgan fingerprint density at radius 1 is 0.731 bits per heavy atom. The quantitative estimate of drug-likeness (QED) is 0.121. The Morgan fingerprint density at radius 3 is 1.85 bits per heavy atom. The first-order chi connectivity index (χ1) is 25.1. The SMILES string of the molecule is CN(C)CCCC1(c2ccc(F)cc2)OCc2cc(C(=O)NCCCCN(C)CCCC3(c4ccc(F)cc4)OCc4cc(C#N)ccc43)ccc21. The first-order valence-electron chi connectivity index (χ1n) is 18.2. The molecule has 6 rings (SSSR count). The molecule has 272 valence electrons. The molecular formula is C43H48F2N4O3. The fraction of sp³-hybridized carbons (Fsp3) is 0.395. The van der Waals surface area contributed by atoms with E-state index in [-0.39, 0.29) is 17.5 Å². The van der Waals surface area contributed by atoms with Crippen molar-refractivity contribution in [2.45, 2.75) is 62.9 Å². The Labute approximate surface area is 306 Å². The van der Waals surface area contributed by atoms with Crippen molar-refractivity contribution >= 4 is 5.91 Å². The van der Waals surface area contributed by atoms with Gasteiger partial charge in [-0.2, -0.15) is 5.26 Å². The first kappa shape index (κ1) is 37.3. The van der Waals surface area contributed by atoms with Gasteiger partial charge in [-0.05, 0) is 161 Å². The number of hydrogen-bond acceptors (Lipinski definition) is 6. The van der Waals surface area contributed by atoms with Crippen LogP contribution in [0.1, 0.15) is 87.8 Å². The number of nitrogens with zero attached hydrogens (tertiary/aromatic N) is 3. The molecule has 2 heterocycles. The van der Waals surface area contributed by atoms with Gasteiger partial charge < -0.3 is 24.6 Å². The Kier molecular flexibility index (Phi) is 11.8. The zero-order chi connectivity index (χ0) is 36.7. The van der Waals surface area contributed by atoms with E-state index in [4.69, 9.17) is 9.47 Å². The van der Waals surface area contributed by atoms with E-state index in [0.29, 0.717) is 30.9 Å². The maximum Gasteiger partial charge on any atom is 0.251 e. The van der Waals surface area contributed by atoms with Gasteiger partial charge in [0.15, 0.2) is 0 Å². The fourth-order valence-electron chi connectivity index (χ4n) is 7.77. The van der Waals surface area contributed by atoms with Gasteiger partial charge in [0, 0.05) is 12.1 Å². The van der Waals surface area contributed by atoms with Crippen molar-refractivity contribution in [1.29, 1.82) is 5.26 Å². The zero-order valence-corrected chi connectivity index (χ0v) is 30.4. The number of benzene rings is 4. The molecule has 2 aliphatic heterocycles. The van der Waals surface area contributed by atoms with Crippen LogP contribution in [-0.4, -0.2) is 63.0 Å². The maximum absolute atomic E-state index is 13.8. The average Bonchev–Trinajstić information content (AvgIpc) is 3.70. The number of unbranched alkanes of at least 4 members (excludes halogenated alkanes) is 1. The van der Waals surface area contributed by atoms with Crippen molar-refractivity contribution in [3.63, 3.8) is 0 Å². The number of halogens is 2. The van der Waals surface area contributed by atoms with Crippen LogP contribution in [-0.2, 0) is 33.9 Å². The fourth-order valence-corrected chi connectivity index (χ4v) is 7.77. The van der Waals surface area contributed by atoms with Crippen LogP contribution in [0.25, 0.3) is 0 Å². The molecule has 0 saturated carbocycles. The first-order valence-corrected chi connectivity index (χ1v) is 18.2. The highest BCUT2D eigenvalue weighted by Gasteiger charge is 2.42. The van der Waals surface area contributed by atoms with E-state index in [1.54, 1.807) is 24.3 Å². The lowest BCUT2D eigenvalue weighted by Crippen LogP contribution is -2.30. The highest BCUT2D eigenvalue weighted by molar-refractivity contribution is 5.94. The van der Waals surface area contributed by atoms with Crippen LogP contribution in [0.2, 0.25) is 0 Å². The molecule has 4 aromatic rings. The number of rotatable bonds is 16. The molecule has 0 fully saturated rings. The molecule has 0 aromatic heterocycles. The molecule has 2 aliphatic rings. The molecule has 0 radical (unpaired) electrons. The van der Waals surface area contributed by atoms with Crippen LogP contribution in [0.4, 0.5) is 8.78 Å². The number of nitrogens with one attached hydrogen (secondary N) is 1. The summed E-state index contributed by atoms with van der Waals surface area (Å²) in [5.41, 5.74) is 5.77. The summed E-state index contributed by atoms with van der Waals surface area (Å²) < 4.78 is 40.6. The number of nitriles is 1. The van der Waals surface area contributed by atoms with Crippen molar-refractivity contribution < 1.29 is 23.0 Å². The number of carbonyl (C=O) groups excluding carboxylic acids is 1. The molecule has 0 spiro atoms. The molecule has 0 saturated heterocycles. The highest BCUT2D eigenvalue weighted by Crippen LogP contribution is 2.47. The summed E-state index contributed by atoms with van der Waals surface area (Å²) in [5.74, 6) is -0.669. The van der Waals surface area contributed by atoms with Gasteiger partial charge in [0.05, 0.1) is 24.8 Å². The van der Waals surface area contributed by atoms with Crippen molar-refractivity contribution in [2.75, 3.05) is 47.3 Å². The van der Waals surface area contributed by atoms with E-state index < -0.39 is 11.2 Å². The molecule has 2 atom stereocenters. The molecular weight excluding hydrogens is 658 g/mol. The summed E-state index contributed by atoms with van der Waals surface area (Å²) in [7, 11) is 6.20. The standard InChI is InChI=1S/C43H48F2N4O3/c1-48(2)23-6-20-42(35-10-14-37(44)15-11-35)40-19-9-32(27-34(40)30-52-42)41(50)47-22-4-5-24-49(3)25-7-21-43(36-12-16-38(45)17-13-36)39-18-8-31(28-46)26-33(39)29-51-43/h8-19,26-27H,4-7,20-25,29-30H2,1-3H3,(H,47,50). The van der Waals surface area contributed by atoms with E-state index in [1.807, 2.05) is 50.5 Å². The second-order valence-electron chi connectivity index (χ2n) is 14.4. The zero-order valence-electron chi connectivity index (χ0n) is 30.4. The lowest BCUT2D eigenvalue weighted by molar-refractivity contribution is -0.0143. The van der Waals surface area contributed by atoms with Gasteiger partial charge in [-0.25, -0.2) is 8.78 Å². The van der Waals surface area contributed by atoms with E-state index in [0.717, 1.165) is 91.5 Å². The monoisotopic (exact) mass is 706 g/mol. The summed E-state index contributed by atoms with van der Waals surface area (Å²) in [6.07, 6.45) is 5.04. The lowest BCUT2D eigenvalue weighted by Gasteiger charge is -2.31. The van der Waals surface area contributed by atoms with Gasteiger partial charge in [-0.1, -0.05) is 36.4 Å². The van der Waals surface area contributed by atoms with Gasteiger partial charge >= 0.3 is 0 Å². The van der Waals surface area contributed by atoms with Crippen LogP contribution >= 0.6 is 0 Å². The van der Waals surface area contributed by atoms with Crippen LogP contribution in [0, 0.1) is 23.0 Å². The van der Waals surface area contributed by atoms with Crippen LogP contribution in [0.15, 0.2) is 84.9 Å². The molecule has 0 aliphatic carbocycles. The third-order valence-corrected chi connectivity index (χ3v) is 10.5. The minimum Gasteiger partial charge on any atom is -0.361 e. The van der Waals surface area contributed by atoms with Gasteiger partial charge in [0.1, 0.15) is 22.8 Å². The molecule has 1 amide bonds. The summed E-state index contributed by atoms with van der Waals surface area (Å²) in [6, 6.07) is 26.8. The minimum absolute atomic E-state index is 0.104. The topological polar surface area (TPSA) is 77.8 Å². The molecule has 7 nitrogen and oxygen atoms in total. The number of hydrogen-bond donors (Lipinski definition) is 1. The third kappa shape index (κ3) is 8.11. The number of fused-ring (bicyclic) bond motifs is 2. The van der Waals surface area contributed by atoms with Crippen molar-refractivity contribution in [3.8, 4) is 6.07 Å². The molecule has 9 heteroatoms. The number of carbonyl (C=O) groups is 1. The second kappa shape index (κ2) is 16.5. The van der Waals surface area contributed by atoms with Crippen molar-refractivity contribution in [1.82, 2.24) is 15.1 Å². The molecule has 2 unspecified atom stereocenters. The number of amides is 1. The molecule has 4 aromatic carbocycles. The summed E-state index contributed by atoms with van der Waals surface area (Å²) in [4.78, 5) is 17.6. The van der Waals surface area contributed by atoms with Crippen molar-refractivity contribution in [2.24, 2.45) is 0 Å². The van der Waals surface area contributed by atoms with E-state index in [2.05, 4.69) is 28.2 Å². The Bertz CT molecular complexity index is 1890. The smallest absolute Gasteiger partial charge is 0.251 e. The average molecular weight is 707 g/mol. The second-order valence-corrected chi connectivity index (χ2v) is 14.4. The normalized spacial score (nSPS) is 19.1. The Balaban J connectivity index is 0.989. The Morgan fingerprint density at radius 2 is 1.27 bits per heavy atom. The van der Waals surface area contributed by atoms with Crippen LogP contribution in [0.5, 0.6) is 0 Å². The Hall–Kier alpha value is -4.46. The summed E-state index contributed by atoms with van der Waals surface area (Å²) >= 11 is 0. The van der Waals surface area contributed by atoms with E-state index in [9.17, 15) is 18.8 Å². The van der Waals surface area contributed by atoms with Gasteiger partial charge in [0.2, 0.25) is 0 Å². The van der Waals surface area contributed by atoms with Gasteiger partial charge in [-0.3, -0.25) is 4.79 Å².